The number of carboxylic acids is 1. The minimum Gasteiger partial charge on any atom is -1.00 e. The second-order valence-corrected chi connectivity index (χ2v) is 4.87. The average molecular weight is 331 g/mol. The van der Waals surface area contributed by atoms with Crippen LogP contribution in [0.4, 0.5) is 0 Å². The zero-order valence-corrected chi connectivity index (χ0v) is 15.2. The summed E-state index contributed by atoms with van der Waals surface area (Å²) in [5, 5.41) is 9.34. The van der Waals surface area contributed by atoms with Crippen molar-refractivity contribution < 1.29 is 50.4 Å². The number of halogens is 1. The zero-order valence-electron chi connectivity index (χ0n) is 13.5. The molecule has 0 spiro atoms. The van der Waals surface area contributed by atoms with Crippen LogP contribution in [0, 0.1) is 0 Å². The summed E-state index contributed by atoms with van der Waals surface area (Å²) < 4.78 is 10.9. The monoisotopic (exact) mass is 330 g/mol. The molecular weight excluding hydrogens is 315 g/mol. The number of benzene rings is 2. The Kier molecular flexibility index (Phi) is 7.76. The van der Waals surface area contributed by atoms with Gasteiger partial charge in [-0.2, -0.15) is 0 Å². The number of aliphatic carboxylic acids is 1. The van der Waals surface area contributed by atoms with Crippen LogP contribution >= 0.6 is 11.6 Å². The predicted octanol–water partition coefficient (Wildman–Crippen LogP) is 0.887. The van der Waals surface area contributed by atoms with Gasteiger partial charge in [-0.3, -0.25) is 0 Å². The van der Waals surface area contributed by atoms with Gasteiger partial charge in [0.1, 0.15) is 18.1 Å². The fourth-order valence-electron chi connectivity index (χ4n) is 1.64. The molecule has 0 aliphatic rings. The molecule has 0 aliphatic heterocycles. The van der Waals surface area contributed by atoms with Gasteiger partial charge in [-0.05, 0) is 36.8 Å². The molecule has 1 atom stereocenters. The molecule has 1 N–H and O–H groups in total. The van der Waals surface area contributed by atoms with Crippen LogP contribution in [0.25, 0.3) is 0 Å². The summed E-state index contributed by atoms with van der Waals surface area (Å²) in [6, 6.07) is 14.3. The molecule has 112 valence electrons. The van der Waals surface area contributed by atoms with Crippen molar-refractivity contribution in [2.24, 2.45) is 0 Å². The summed E-state index contributed by atoms with van der Waals surface area (Å²) in [7, 11) is 0. The largest absolute Gasteiger partial charge is 1.00 e. The van der Waals surface area contributed by atoms with Crippen LogP contribution in [-0.2, 0) is 11.4 Å². The fraction of sp³-hybridized carbons (Fsp3) is 0.188. The molecule has 0 saturated heterocycles. The molecule has 1 unspecified atom stereocenters. The first-order chi connectivity index (χ1) is 10.1. The Balaban J connectivity index is 0.00000242. The number of carbonyl (C=O) groups is 1. The molecule has 2 aromatic carbocycles. The van der Waals surface area contributed by atoms with E-state index in [2.05, 4.69) is 0 Å². The summed E-state index contributed by atoms with van der Waals surface area (Å²) in [4.78, 5) is 10.7. The Labute approximate surface area is 157 Å². The quantitative estimate of drug-likeness (QED) is 0.799. The minimum absolute atomic E-state index is 0. The molecular formula is C16H16ClNaO4. The molecule has 2 aromatic rings. The van der Waals surface area contributed by atoms with E-state index in [9.17, 15) is 4.79 Å². The van der Waals surface area contributed by atoms with Gasteiger partial charge in [0.25, 0.3) is 0 Å². The van der Waals surface area contributed by atoms with Gasteiger partial charge in [0, 0.05) is 0 Å². The third kappa shape index (κ3) is 5.54. The number of rotatable bonds is 6. The van der Waals surface area contributed by atoms with Crippen LogP contribution in [0.1, 0.15) is 13.9 Å². The number of carboxylic acid groups (broad SMARTS) is 1. The van der Waals surface area contributed by atoms with E-state index in [1.165, 1.54) is 6.92 Å². The standard InChI is InChI=1S/C16H15ClO4.Na.H/c1-11(16(18)19)21-13-8-6-12(7-9-13)10-20-15-5-3-2-4-14(15)17;;/h2-9,11H,10H2,1H3,(H,18,19);;/q;+1;-1. The molecule has 0 aliphatic carbocycles. The topological polar surface area (TPSA) is 55.8 Å². The van der Waals surface area contributed by atoms with E-state index in [1.807, 2.05) is 24.3 Å². The maximum absolute atomic E-state index is 10.7. The van der Waals surface area contributed by atoms with E-state index < -0.39 is 12.1 Å². The average Bonchev–Trinajstić information content (AvgIpc) is 2.48. The molecule has 4 nitrogen and oxygen atoms in total. The van der Waals surface area contributed by atoms with Crippen molar-refractivity contribution in [3.05, 3.63) is 59.1 Å². The number of hydrogen-bond acceptors (Lipinski definition) is 3. The van der Waals surface area contributed by atoms with Gasteiger partial charge < -0.3 is 16.0 Å². The molecule has 0 fully saturated rings. The molecule has 6 heteroatoms. The smallest absolute Gasteiger partial charge is 1.00 e. The molecule has 0 bridgehead atoms. The van der Waals surface area contributed by atoms with E-state index in [-0.39, 0.29) is 31.0 Å². The second kappa shape index (κ2) is 9.06. The van der Waals surface area contributed by atoms with Crippen LogP contribution in [0.3, 0.4) is 0 Å². The Hall–Kier alpha value is -1.20. The van der Waals surface area contributed by atoms with E-state index in [0.717, 1.165) is 5.56 Å². The van der Waals surface area contributed by atoms with E-state index >= 15 is 0 Å². The van der Waals surface area contributed by atoms with Gasteiger partial charge in [-0.15, -0.1) is 0 Å². The third-order valence-electron chi connectivity index (χ3n) is 2.81. The summed E-state index contributed by atoms with van der Waals surface area (Å²) in [6.07, 6.45) is -0.879. The summed E-state index contributed by atoms with van der Waals surface area (Å²) >= 11 is 6.00. The molecule has 0 amide bonds. The number of para-hydroxylation sites is 1. The Morgan fingerprint density at radius 1 is 1.23 bits per heavy atom. The van der Waals surface area contributed by atoms with Crippen LogP contribution in [0.15, 0.2) is 48.5 Å². The normalized spacial score (nSPS) is 11.2. The number of hydrogen-bond donors (Lipinski definition) is 1. The van der Waals surface area contributed by atoms with Crippen LogP contribution in [-0.4, -0.2) is 17.2 Å². The molecule has 0 radical (unpaired) electrons. The van der Waals surface area contributed by atoms with Crippen LogP contribution in [0.5, 0.6) is 11.5 Å². The first-order valence-corrected chi connectivity index (χ1v) is 6.80. The summed E-state index contributed by atoms with van der Waals surface area (Å²) in [6.45, 7) is 1.86. The maximum Gasteiger partial charge on any atom is 1.00 e. The van der Waals surface area contributed by atoms with Gasteiger partial charge in [0.05, 0.1) is 5.02 Å². The Bertz CT molecular complexity index is 622. The fourth-order valence-corrected chi connectivity index (χ4v) is 1.83. The number of ether oxygens (including phenoxy) is 2. The van der Waals surface area contributed by atoms with Gasteiger partial charge in [0.2, 0.25) is 0 Å². The SMILES string of the molecule is CC(Oc1ccc(COc2ccccc2Cl)cc1)C(=O)O.[H-].[Na+]. The third-order valence-corrected chi connectivity index (χ3v) is 3.13. The van der Waals surface area contributed by atoms with Crippen molar-refractivity contribution in [3.63, 3.8) is 0 Å². The Morgan fingerprint density at radius 2 is 1.86 bits per heavy atom. The van der Waals surface area contributed by atoms with E-state index in [4.69, 9.17) is 26.2 Å². The van der Waals surface area contributed by atoms with Crippen molar-refractivity contribution in [1.82, 2.24) is 0 Å². The molecule has 0 heterocycles. The first-order valence-electron chi connectivity index (χ1n) is 6.42. The summed E-state index contributed by atoms with van der Waals surface area (Å²) in [5.41, 5.74) is 0.935. The van der Waals surface area contributed by atoms with Crippen molar-refractivity contribution in [2.75, 3.05) is 0 Å². The molecule has 0 saturated carbocycles. The van der Waals surface area contributed by atoms with Gasteiger partial charge >= 0.3 is 35.5 Å². The van der Waals surface area contributed by atoms with E-state index in [1.54, 1.807) is 24.3 Å². The second-order valence-electron chi connectivity index (χ2n) is 4.46. The summed E-state index contributed by atoms with van der Waals surface area (Å²) in [5.74, 6) is 0.131. The maximum atomic E-state index is 10.7. The van der Waals surface area contributed by atoms with Crippen molar-refractivity contribution in [3.8, 4) is 11.5 Å². The van der Waals surface area contributed by atoms with Crippen molar-refractivity contribution in [1.29, 1.82) is 0 Å². The Morgan fingerprint density at radius 3 is 2.45 bits per heavy atom. The molecule has 2 rings (SSSR count). The van der Waals surface area contributed by atoms with Gasteiger partial charge in [-0.1, -0.05) is 35.9 Å². The van der Waals surface area contributed by atoms with Crippen LogP contribution < -0.4 is 39.0 Å². The minimum atomic E-state index is -0.999. The first kappa shape index (κ1) is 18.8. The van der Waals surface area contributed by atoms with E-state index in [0.29, 0.717) is 23.1 Å². The van der Waals surface area contributed by atoms with Gasteiger partial charge in [0.15, 0.2) is 6.10 Å². The molecule has 22 heavy (non-hydrogen) atoms. The van der Waals surface area contributed by atoms with Crippen LogP contribution in [0.2, 0.25) is 5.02 Å². The molecule has 0 aromatic heterocycles. The van der Waals surface area contributed by atoms with Crippen molar-refractivity contribution >= 4 is 17.6 Å². The zero-order chi connectivity index (χ0) is 15.2. The van der Waals surface area contributed by atoms with Crippen molar-refractivity contribution in [2.45, 2.75) is 19.6 Å². The predicted molar refractivity (Wildman–Crippen MR) is 81.1 cm³/mol. The van der Waals surface area contributed by atoms with Gasteiger partial charge in [-0.25, -0.2) is 4.79 Å².